The van der Waals surface area contributed by atoms with Gasteiger partial charge >= 0.3 is 12.1 Å². The molecule has 0 unspecified atom stereocenters. The fraction of sp³-hybridized carbons (Fsp3) is 0.192. The molecule has 2 atom stereocenters. The molecule has 3 rings (SSSR count). The van der Waals surface area contributed by atoms with Gasteiger partial charge in [0.2, 0.25) is 5.91 Å². The number of carbonyl (C=O) groups is 3. The van der Waals surface area contributed by atoms with Crippen molar-refractivity contribution in [2.45, 2.75) is 31.5 Å². The number of halogens is 1. The van der Waals surface area contributed by atoms with E-state index >= 15 is 0 Å². The van der Waals surface area contributed by atoms with Gasteiger partial charge in [-0.15, -0.1) is 0 Å². The Hall–Kier alpha value is -3.84. The third-order valence-corrected chi connectivity index (χ3v) is 5.32. The lowest BCUT2D eigenvalue weighted by atomic mass is 10.0. The summed E-state index contributed by atoms with van der Waals surface area (Å²) in [6.45, 7) is 0.0423. The van der Waals surface area contributed by atoms with Crippen molar-refractivity contribution in [3.8, 4) is 0 Å². The normalized spacial score (nSPS) is 12.3. The zero-order valence-electron chi connectivity index (χ0n) is 18.3. The lowest BCUT2D eigenvalue weighted by Gasteiger charge is -2.21. The van der Waals surface area contributed by atoms with Crippen LogP contribution in [0.4, 0.5) is 4.79 Å². The number of amides is 2. The van der Waals surface area contributed by atoms with E-state index in [1.807, 2.05) is 60.7 Å². The van der Waals surface area contributed by atoms with Gasteiger partial charge in [0.25, 0.3) is 0 Å². The van der Waals surface area contributed by atoms with Crippen LogP contribution < -0.4 is 10.6 Å². The number of carboxylic acid groups (broad SMARTS) is 1. The molecular formula is C26H25ClN2O5. The Morgan fingerprint density at radius 3 is 1.85 bits per heavy atom. The van der Waals surface area contributed by atoms with E-state index in [4.69, 9.17) is 16.3 Å². The highest BCUT2D eigenvalue weighted by Gasteiger charge is 2.27. The quantitative estimate of drug-likeness (QED) is 0.407. The molecule has 0 spiro atoms. The number of rotatable bonds is 10. The number of aliphatic carboxylic acids is 1. The van der Waals surface area contributed by atoms with Crippen molar-refractivity contribution in [3.05, 3.63) is 107 Å². The summed E-state index contributed by atoms with van der Waals surface area (Å²) < 4.78 is 5.25. The zero-order chi connectivity index (χ0) is 24.3. The Kier molecular flexibility index (Phi) is 9.05. The number of carbonyl (C=O) groups excluding carboxylic acids is 2. The van der Waals surface area contributed by atoms with E-state index in [1.54, 1.807) is 24.3 Å². The molecular weight excluding hydrogens is 456 g/mol. The molecule has 34 heavy (non-hydrogen) atoms. The highest BCUT2D eigenvalue weighted by Crippen LogP contribution is 2.12. The lowest BCUT2D eigenvalue weighted by molar-refractivity contribution is -0.142. The van der Waals surface area contributed by atoms with Crippen molar-refractivity contribution in [1.82, 2.24) is 10.6 Å². The molecule has 0 bridgehead atoms. The Morgan fingerprint density at radius 1 is 0.735 bits per heavy atom. The Balaban J connectivity index is 1.68. The molecule has 0 aromatic heterocycles. The number of nitrogens with one attached hydrogen (secondary N) is 2. The van der Waals surface area contributed by atoms with Crippen LogP contribution >= 0.6 is 11.6 Å². The highest BCUT2D eigenvalue weighted by molar-refractivity contribution is 6.30. The zero-order valence-corrected chi connectivity index (χ0v) is 19.1. The van der Waals surface area contributed by atoms with E-state index in [9.17, 15) is 19.5 Å². The third-order valence-electron chi connectivity index (χ3n) is 5.07. The molecule has 2 amide bonds. The maximum atomic E-state index is 13.1. The van der Waals surface area contributed by atoms with Gasteiger partial charge in [0, 0.05) is 17.9 Å². The highest BCUT2D eigenvalue weighted by atomic mass is 35.5. The number of benzene rings is 3. The van der Waals surface area contributed by atoms with Crippen molar-refractivity contribution < 1.29 is 24.2 Å². The van der Waals surface area contributed by atoms with Crippen molar-refractivity contribution in [1.29, 1.82) is 0 Å². The topological polar surface area (TPSA) is 105 Å². The molecule has 0 aliphatic heterocycles. The van der Waals surface area contributed by atoms with Gasteiger partial charge in [0.05, 0.1) is 0 Å². The second kappa shape index (κ2) is 12.4. The molecule has 0 aliphatic rings. The summed E-state index contributed by atoms with van der Waals surface area (Å²) in [5.41, 5.74) is 2.30. The molecule has 8 heteroatoms. The monoisotopic (exact) mass is 480 g/mol. The number of ether oxygens (including phenoxy) is 1. The molecule has 3 N–H and O–H groups in total. The Morgan fingerprint density at radius 2 is 1.26 bits per heavy atom. The second-order valence-corrected chi connectivity index (χ2v) is 8.11. The molecule has 0 saturated carbocycles. The van der Waals surface area contributed by atoms with Gasteiger partial charge < -0.3 is 20.5 Å². The number of alkyl carbamates (subject to hydrolysis) is 1. The fourth-order valence-corrected chi connectivity index (χ4v) is 3.42. The molecule has 0 radical (unpaired) electrons. The molecule has 3 aromatic rings. The first-order chi connectivity index (χ1) is 16.4. The standard InChI is InChI=1S/C26H25ClN2O5/c27-21-13-11-19(12-14-21)16-23(25(31)32)28-24(30)22(15-18-7-3-1-4-8-18)29-26(33)34-17-20-9-5-2-6-10-20/h1-14,22-23H,15-17H2,(H,28,30)(H,29,33)(H,31,32)/t22-,23-/m0/s1. The van der Waals surface area contributed by atoms with E-state index in [0.29, 0.717) is 10.6 Å². The van der Waals surface area contributed by atoms with E-state index in [0.717, 1.165) is 11.1 Å². The summed E-state index contributed by atoms with van der Waals surface area (Å²) in [5.74, 6) is -1.81. The van der Waals surface area contributed by atoms with Crippen LogP contribution in [0, 0.1) is 0 Å². The van der Waals surface area contributed by atoms with Gasteiger partial charge in [0.1, 0.15) is 18.7 Å². The first-order valence-electron chi connectivity index (χ1n) is 10.7. The summed E-state index contributed by atoms with van der Waals surface area (Å²) in [5, 5.41) is 15.3. The number of hydrogen-bond donors (Lipinski definition) is 3. The SMILES string of the molecule is O=C(N[C@@H](Cc1ccccc1)C(=O)N[C@@H](Cc1ccc(Cl)cc1)C(=O)O)OCc1ccccc1. The Labute approximate surface area is 202 Å². The van der Waals surface area contributed by atoms with Gasteiger partial charge in [-0.25, -0.2) is 9.59 Å². The number of hydrogen-bond acceptors (Lipinski definition) is 4. The van der Waals surface area contributed by atoms with Crippen molar-refractivity contribution in [2.24, 2.45) is 0 Å². The Bertz CT molecular complexity index is 1090. The molecule has 0 aliphatic carbocycles. The van der Waals surface area contributed by atoms with Crippen molar-refractivity contribution >= 4 is 29.6 Å². The van der Waals surface area contributed by atoms with Crippen LogP contribution in [0.2, 0.25) is 5.02 Å². The van der Waals surface area contributed by atoms with E-state index in [1.165, 1.54) is 0 Å². The summed E-state index contributed by atoms with van der Waals surface area (Å²) in [7, 11) is 0. The van der Waals surface area contributed by atoms with Crippen LogP contribution in [0.5, 0.6) is 0 Å². The molecule has 7 nitrogen and oxygen atoms in total. The van der Waals surface area contributed by atoms with E-state index in [-0.39, 0.29) is 19.4 Å². The minimum Gasteiger partial charge on any atom is -0.480 e. The average Bonchev–Trinajstić information content (AvgIpc) is 2.84. The van der Waals surface area contributed by atoms with E-state index in [2.05, 4.69) is 10.6 Å². The fourth-order valence-electron chi connectivity index (χ4n) is 3.29. The first kappa shape index (κ1) is 24.8. The van der Waals surface area contributed by atoms with Crippen LogP contribution in [-0.4, -0.2) is 35.2 Å². The summed E-state index contributed by atoms with van der Waals surface area (Å²) >= 11 is 5.89. The first-order valence-corrected chi connectivity index (χ1v) is 11.1. The summed E-state index contributed by atoms with van der Waals surface area (Å²) in [4.78, 5) is 37.3. The van der Waals surface area contributed by atoms with Gasteiger partial charge in [-0.05, 0) is 28.8 Å². The van der Waals surface area contributed by atoms with Crippen molar-refractivity contribution in [2.75, 3.05) is 0 Å². The average molecular weight is 481 g/mol. The minimum atomic E-state index is -1.19. The smallest absolute Gasteiger partial charge is 0.408 e. The van der Waals surface area contributed by atoms with Gasteiger partial charge in [-0.1, -0.05) is 84.4 Å². The molecule has 0 heterocycles. The molecule has 176 valence electrons. The van der Waals surface area contributed by atoms with Gasteiger partial charge in [0.15, 0.2) is 0 Å². The summed E-state index contributed by atoms with van der Waals surface area (Å²) in [6, 6.07) is 22.7. The van der Waals surface area contributed by atoms with E-state index < -0.39 is 30.1 Å². The van der Waals surface area contributed by atoms with Gasteiger partial charge in [-0.2, -0.15) is 0 Å². The third kappa shape index (κ3) is 7.94. The summed E-state index contributed by atoms with van der Waals surface area (Å²) in [6.07, 6.45) is -0.542. The van der Waals surface area contributed by atoms with Crippen molar-refractivity contribution in [3.63, 3.8) is 0 Å². The minimum absolute atomic E-state index is 0.0423. The number of carboxylic acids is 1. The lowest BCUT2D eigenvalue weighted by Crippen LogP contribution is -2.53. The largest absolute Gasteiger partial charge is 0.480 e. The van der Waals surface area contributed by atoms with Gasteiger partial charge in [-0.3, -0.25) is 4.79 Å². The second-order valence-electron chi connectivity index (χ2n) is 7.68. The molecule has 0 saturated heterocycles. The predicted molar refractivity (Wildman–Crippen MR) is 128 cm³/mol. The van der Waals surface area contributed by atoms with Crippen LogP contribution in [0.25, 0.3) is 0 Å². The maximum absolute atomic E-state index is 13.1. The molecule has 3 aromatic carbocycles. The van der Waals surface area contributed by atoms with Crippen LogP contribution in [0.15, 0.2) is 84.9 Å². The van der Waals surface area contributed by atoms with Crippen LogP contribution in [-0.2, 0) is 33.8 Å². The van der Waals surface area contributed by atoms with Crippen LogP contribution in [0.1, 0.15) is 16.7 Å². The van der Waals surface area contributed by atoms with Crippen LogP contribution in [0.3, 0.4) is 0 Å². The molecule has 0 fully saturated rings. The predicted octanol–water partition coefficient (Wildman–Crippen LogP) is 3.99. The maximum Gasteiger partial charge on any atom is 0.408 e.